The number of hydrogen-bond donors (Lipinski definition) is 2. The van der Waals surface area contributed by atoms with E-state index in [4.69, 9.17) is 10.5 Å². The molecule has 1 aliphatic rings. The lowest BCUT2D eigenvalue weighted by Gasteiger charge is -2.15. The summed E-state index contributed by atoms with van der Waals surface area (Å²) in [5.41, 5.74) is 7.79. The molecule has 2 aromatic rings. The molecule has 1 fully saturated rings. The number of halogens is 1. The van der Waals surface area contributed by atoms with Crippen molar-refractivity contribution in [3.8, 4) is 5.75 Å². The van der Waals surface area contributed by atoms with Crippen LogP contribution in [-0.4, -0.2) is 18.1 Å². The van der Waals surface area contributed by atoms with E-state index in [1.54, 1.807) is 0 Å². The van der Waals surface area contributed by atoms with Crippen molar-refractivity contribution in [3.05, 3.63) is 60.2 Å². The normalized spacial score (nSPS) is 15.2. The predicted octanol–water partition coefficient (Wildman–Crippen LogP) is 3.94. The Morgan fingerprint density at radius 2 is 1.72 bits per heavy atom. The molecule has 0 spiro atoms. The molecule has 3 N–H and O–H groups in total. The Morgan fingerprint density at radius 1 is 1.08 bits per heavy atom. The van der Waals surface area contributed by atoms with E-state index < -0.39 is 6.04 Å². The van der Waals surface area contributed by atoms with E-state index in [2.05, 4.69) is 5.32 Å². The monoisotopic (exact) mass is 360 g/mol. The van der Waals surface area contributed by atoms with Crippen LogP contribution in [0.15, 0.2) is 54.6 Å². The maximum atomic E-state index is 12.2. The van der Waals surface area contributed by atoms with E-state index >= 15 is 0 Å². The van der Waals surface area contributed by atoms with E-state index in [1.165, 1.54) is 12.8 Å². The largest absolute Gasteiger partial charge is 0.490 e. The predicted molar refractivity (Wildman–Crippen MR) is 103 cm³/mol. The van der Waals surface area contributed by atoms with Gasteiger partial charge >= 0.3 is 0 Å². The fourth-order valence-corrected chi connectivity index (χ4v) is 3.01. The van der Waals surface area contributed by atoms with Crippen molar-refractivity contribution in [1.29, 1.82) is 0 Å². The second-order valence-corrected chi connectivity index (χ2v) is 6.33. The van der Waals surface area contributed by atoms with Gasteiger partial charge < -0.3 is 15.8 Å². The molecule has 0 aliphatic heterocycles. The van der Waals surface area contributed by atoms with Gasteiger partial charge in [-0.25, -0.2) is 0 Å². The van der Waals surface area contributed by atoms with Crippen LogP contribution in [0.25, 0.3) is 0 Å². The van der Waals surface area contributed by atoms with Crippen LogP contribution >= 0.6 is 12.4 Å². The Bertz CT molecular complexity index is 655. The SMILES string of the molecule is Cl.N[C@@H](Cc1ccccc1)C(=O)Nc1ccc(OC2CCCC2)cc1. The molecular weight excluding hydrogens is 336 g/mol. The second-order valence-electron chi connectivity index (χ2n) is 6.33. The van der Waals surface area contributed by atoms with Crippen molar-refractivity contribution in [1.82, 2.24) is 0 Å². The smallest absolute Gasteiger partial charge is 0.241 e. The average molecular weight is 361 g/mol. The van der Waals surface area contributed by atoms with Crippen molar-refractivity contribution < 1.29 is 9.53 Å². The molecule has 0 bridgehead atoms. The van der Waals surface area contributed by atoms with Gasteiger partial charge in [-0.05, 0) is 61.9 Å². The van der Waals surface area contributed by atoms with Crippen LogP contribution in [0.5, 0.6) is 5.75 Å². The first-order chi connectivity index (χ1) is 11.7. The highest BCUT2D eigenvalue weighted by atomic mass is 35.5. The molecule has 134 valence electrons. The van der Waals surface area contributed by atoms with Crippen LogP contribution in [0.3, 0.4) is 0 Å². The van der Waals surface area contributed by atoms with Gasteiger partial charge in [0.15, 0.2) is 0 Å². The quantitative estimate of drug-likeness (QED) is 0.820. The lowest BCUT2D eigenvalue weighted by Crippen LogP contribution is -2.37. The minimum Gasteiger partial charge on any atom is -0.490 e. The van der Waals surface area contributed by atoms with E-state index in [0.29, 0.717) is 12.5 Å². The maximum absolute atomic E-state index is 12.2. The van der Waals surface area contributed by atoms with Gasteiger partial charge in [0.05, 0.1) is 12.1 Å². The lowest BCUT2D eigenvalue weighted by atomic mass is 10.1. The molecule has 1 atom stereocenters. The van der Waals surface area contributed by atoms with Crippen LogP contribution in [-0.2, 0) is 11.2 Å². The van der Waals surface area contributed by atoms with E-state index in [9.17, 15) is 4.79 Å². The molecule has 0 unspecified atom stereocenters. The third kappa shape index (κ3) is 5.76. The fourth-order valence-electron chi connectivity index (χ4n) is 3.01. The molecule has 1 aliphatic carbocycles. The maximum Gasteiger partial charge on any atom is 0.241 e. The molecule has 25 heavy (non-hydrogen) atoms. The fraction of sp³-hybridized carbons (Fsp3) is 0.350. The number of nitrogens with one attached hydrogen (secondary N) is 1. The first-order valence-corrected chi connectivity index (χ1v) is 8.58. The van der Waals surface area contributed by atoms with Crippen LogP contribution < -0.4 is 15.8 Å². The summed E-state index contributed by atoms with van der Waals surface area (Å²) in [7, 11) is 0. The van der Waals surface area contributed by atoms with E-state index in [-0.39, 0.29) is 18.3 Å². The first-order valence-electron chi connectivity index (χ1n) is 8.58. The number of hydrogen-bond acceptors (Lipinski definition) is 3. The van der Waals surface area contributed by atoms with Crippen LogP contribution in [0.2, 0.25) is 0 Å². The molecule has 4 nitrogen and oxygen atoms in total. The van der Waals surface area contributed by atoms with Crippen molar-refractivity contribution in [2.45, 2.75) is 44.2 Å². The third-order valence-corrected chi connectivity index (χ3v) is 4.36. The lowest BCUT2D eigenvalue weighted by molar-refractivity contribution is -0.117. The highest BCUT2D eigenvalue weighted by Gasteiger charge is 2.17. The zero-order chi connectivity index (χ0) is 16.8. The van der Waals surface area contributed by atoms with Crippen molar-refractivity contribution in [2.75, 3.05) is 5.32 Å². The molecule has 1 saturated carbocycles. The molecule has 3 rings (SSSR count). The summed E-state index contributed by atoms with van der Waals surface area (Å²) in [4.78, 5) is 12.2. The topological polar surface area (TPSA) is 64.4 Å². The number of benzene rings is 2. The van der Waals surface area contributed by atoms with Gasteiger partial charge in [0, 0.05) is 5.69 Å². The van der Waals surface area contributed by atoms with Crippen molar-refractivity contribution in [3.63, 3.8) is 0 Å². The molecule has 0 aromatic heterocycles. The van der Waals surface area contributed by atoms with Gasteiger partial charge in [0.2, 0.25) is 5.91 Å². The van der Waals surface area contributed by atoms with Crippen molar-refractivity contribution in [2.24, 2.45) is 5.73 Å². The van der Waals surface area contributed by atoms with Gasteiger partial charge in [-0.1, -0.05) is 30.3 Å². The Kier molecular flexibility index (Phi) is 7.29. The Labute approximate surface area is 155 Å². The van der Waals surface area contributed by atoms with Crippen molar-refractivity contribution >= 4 is 24.0 Å². The number of rotatable bonds is 6. The second kappa shape index (κ2) is 9.44. The molecule has 0 radical (unpaired) electrons. The number of nitrogens with two attached hydrogens (primary N) is 1. The summed E-state index contributed by atoms with van der Waals surface area (Å²) in [6, 6.07) is 16.7. The summed E-state index contributed by atoms with van der Waals surface area (Å²) in [6.45, 7) is 0. The summed E-state index contributed by atoms with van der Waals surface area (Å²) in [5, 5.41) is 2.86. The Morgan fingerprint density at radius 3 is 2.36 bits per heavy atom. The summed E-state index contributed by atoms with van der Waals surface area (Å²) < 4.78 is 5.92. The zero-order valence-corrected chi connectivity index (χ0v) is 15.0. The number of anilines is 1. The highest BCUT2D eigenvalue weighted by molar-refractivity contribution is 5.94. The summed E-state index contributed by atoms with van der Waals surface area (Å²) in [6.07, 6.45) is 5.62. The Hall–Kier alpha value is -2.04. The molecule has 2 aromatic carbocycles. The zero-order valence-electron chi connectivity index (χ0n) is 14.2. The van der Waals surface area contributed by atoms with Gasteiger partial charge in [-0.3, -0.25) is 4.79 Å². The molecule has 1 amide bonds. The van der Waals surface area contributed by atoms with E-state index in [1.807, 2.05) is 54.6 Å². The first kappa shape index (κ1) is 19.3. The molecular formula is C20H25ClN2O2. The highest BCUT2D eigenvalue weighted by Crippen LogP contribution is 2.25. The van der Waals surface area contributed by atoms with Gasteiger partial charge in [0.25, 0.3) is 0 Å². The van der Waals surface area contributed by atoms with Gasteiger partial charge in [0.1, 0.15) is 5.75 Å². The van der Waals surface area contributed by atoms with Gasteiger partial charge in [-0.2, -0.15) is 0 Å². The molecule has 0 saturated heterocycles. The Balaban J connectivity index is 0.00000225. The van der Waals surface area contributed by atoms with Crippen LogP contribution in [0, 0.1) is 0 Å². The van der Waals surface area contributed by atoms with Crippen LogP contribution in [0.1, 0.15) is 31.2 Å². The minimum atomic E-state index is -0.568. The minimum absolute atomic E-state index is 0. The number of amides is 1. The summed E-state index contributed by atoms with van der Waals surface area (Å²) >= 11 is 0. The average Bonchev–Trinajstić information content (AvgIpc) is 3.10. The number of carbonyl (C=O) groups is 1. The van der Waals surface area contributed by atoms with E-state index in [0.717, 1.165) is 29.8 Å². The van der Waals surface area contributed by atoms with Gasteiger partial charge in [-0.15, -0.1) is 12.4 Å². The number of carbonyl (C=O) groups excluding carboxylic acids is 1. The molecule has 5 heteroatoms. The molecule has 0 heterocycles. The van der Waals surface area contributed by atoms with Crippen LogP contribution in [0.4, 0.5) is 5.69 Å². The standard InChI is InChI=1S/C20H24N2O2.ClH/c21-19(14-15-6-2-1-3-7-15)20(23)22-16-10-12-18(13-11-16)24-17-8-4-5-9-17;/h1-3,6-7,10-13,17,19H,4-5,8-9,14,21H2,(H,22,23);1H/t19-;/m0./s1. The third-order valence-electron chi connectivity index (χ3n) is 4.36. The number of ether oxygens (including phenoxy) is 1. The summed E-state index contributed by atoms with van der Waals surface area (Å²) in [5.74, 6) is 0.678.